The molecule has 0 saturated heterocycles. The predicted octanol–water partition coefficient (Wildman–Crippen LogP) is 4.10. The fraction of sp³-hybridized carbons (Fsp3) is 0.333. The molecule has 0 amide bonds. The SMILES string of the molecule is CC(=O)c1c(C)[nH]c(C(=O)CSc2nc3ccccc3c(=O)n2C(C)C)c1C. The van der Waals surface area contributed by atoms with Crippen molar-refractivity contribution < 1.29 is 9.59 Å². The summed E-state index contributed by atoms with van der Waals surface area (Å²) in [5.41, 5.74) is 2.88. The lowest BCUT2D eigenvalue weighted by Gasteiger charge is -2.15. The zero-order chi connectivity index (χ0) is 20.6. The van der Waals surface area contributed by atoms with E-state index in [-0.39, 0.29) is 28.9 Å². The molecular weight excluding hydrogens is 374 g/mol. The van der Waals surface area contributed by atoms with Gasteiger partial charge in [0.05, 0.1) is 22.3 Å². The highest BCUT2D eigenvalue weighted by Crippen LogP contribution is 2.24. The molecule has 1 aromatic carbocycles. The van der Waals surface area contributed by atoms with E-state index in [1.165, 1.54) is 18.7 Å². The van der Waals surface area contributed by atoms with Gasteiger partial charge in [-0.15, -0.1) is 0 Å². The largest absolute Gasteiger partial charge is 0.355 e. The number of para-hydroxylation sites is 1. The van der Waals surface area contributed by atoms with Crippen LogP contribution in [0.4, 0.5) is 0 Å². The number of thioether (sulfide) groups is 1. The first-order valence-electron chi connectivity index (χ1n) is 9.09. The average Bonchev–Trinajstić information content (AvgIpc) is 2.93. The van der Waals surface area contributed by atoms with Crippen molar-refractivity contribution in [2.75, 3.05) is 5.75 Å². The summed E-state index contributed by atoms with van der Waals surface area (Å²) >= 11 is 1.24. The van der Waals surface area contributed by atoms with Crippen LogP contribution in [-0.4, -0.2) is 31.9 Å². The molecule has 0 aliphatic rings. The number of aromatic nitrogens is 3. The van der Waals surface area contributed by atoms with Crippen molar-refractivity contribution in [1.82, 2.24) is 14.5 Å². The van der Waals surface area contributed by atoms with Crippen LogP contribution in [0.5, 0.6) is 0 Å². The Hall–Kier alpha value is -2.67. The Morgan fingerprint density at radius 1 is 1.21 bits per heavy atom. The summed E-state index contributed by atoms with van der Waals surface area (Å²) in [5, 5.41) is 1.08. The second kappa shape index (κ2) is 7.75. The molecule has 0 unspecified atom stereocenters. The first kappa shape index (κ1) is 20.1. The molecule has 0 aliphatic carbocycles. The van der Waals surface area contributed by atoms with Gasteiger partial charge in [0, 0.05) is 17.3 Å². The number of rotatable bonds is 6. The minimum absolute atomic E-state index is 0.0669. The summed E-state index contributed by atoms with van der Waals surface area (Å²) in [6.45, 7) is 8.89. The summed E-state index contributed by atoms with van der Waals surface area (Å²) in [7, 11) is 0. The summed E-state index contributed by atoms with van der Waals surface area (Å²) in [4.78, 5) is 45.1. The predicted molar refractivity (Wildman–Crippen MR) is 112 cm³/mol. The molecule has 7 heteroatoms. The third-order valence-corrected chi connectivity index (χ3v) is 5.65. The van der Waals surface area contributed by atoms with Crippen molar-refractivity contribution in [3.8, 4) is 0 Å². The highest BCUT2D eigenvalue weighted by atomic mass is 32.2. The lowest BCUT2D eigenvalue weighted by Crippen LogP contribution is -2.25. The van der Waals surface area contributed by atoms with Crippen LogP contribution >= 0.6 is 11.8 Å². The van der Waals surface area contributed by atoms with Crippen molar-refractivity contribution in [3.05, 3.63) is 57.1 Å². The smallest absolute Gasteiger partial charge is 0.262 e. The van der Waals surface area contributed by atoms with Gasteiger partial charge in [-0.25, -0.2) is 4.98 Å². The monoisotopic (exact) mass is 397 g/mol. The molecule has 3 aromatic rings. The molecule has 2 heterocycles. The number of nitrogens with zero attached hydrogens (tertiary/aromatic N) is 2. The number of aromatic amines is 1. The van der Waals surface area contributed by atoms with E-state index in [2.05, 4.69) is 9.97 Å². The van der Waals surface area contributed by atoms with Gasteiger partial charge in [-0.1, -0.05) is 23.9 Å². The number of Topliss-reactive ketones (excluding diaryl/α,β-unsaturated/α-hetero) is 2. The van der Waals surface area contributed by atoms with E-state index in [1.807, 2.05) is 26.0 Å². The van der Waals surface area contributed by atoms with Crippen LogP contribution in [0.2, 0.25) is 0 Å². The number of ketones is 2. The van der Waals surface area contributed by atoms with Gasteiger partial charge in [0.1, 0.15) is 0 Å². The number of hydrogen-bond acceptors (Lipinski definition) is 5. The van der Waals surface area contributed by atoms with Crippen LogP contribution in [0, 0.1) is 13.8 Å². The van der Waals surface area contributed by atoms with Gasteiger partial charge < -0.3 is 4.98 Å². The normalized spacial score (nSPS) is 11.4. The molecule has 0 aliphatic heterocycles. The Morgan fingerprint density at radius 3 is 2.50 bits per heavy atom. The number of fused-ring (bicyclic) bond motifs is 1. The highest BCUT2D eigenvalue weighted by molar-refractivity contribution is 7.99. The first-order valence-corrected chi connectivity index (χ1v) is 10.1. The van der Waals surface area contributed by atoms with E-state index < -0.39 is 0 Å². The molecule has 3 rings (SSSR count). The van der Waals surface area contributed by atoms with Crippen LogP contribution < -0.4 is 5.56 Å². The van der Waals surface area contributed by atoms with Gasteiger partial charge in [0.15, 0.2) is 16.7 Å². The van der Waals surface area contributed by atoms with Gasteiger partial charge in [-0.2, -0.15) is 0 Å². The minimum Gasteiger partial charge on any atom is -0.355 e. The molecule has 0 fully saturated rings. The zero-order valence-electron chi connectivity index (χ0n) is 16.6. The zero-order valence-corrected chi connectivity index (χ0v) is 17.4. The Bertz CT molecular complexity index is 1140. The third-order valence-electron chi connectivity index (χ3n) is 4.69. The summed E-state index contributed by atoms with van der Waals surface area (Å²) in [6, 6.07) is 7.13. The van der Waals surface area contributed by atoms with E-state index in [0.717, 1.165) is 0 Å². The average molecular weight is 398 g/mol. The van der Waals surface area contributed by atoms with E-state index in [1.54, 1.807) is 30.5 Å². The van der Waals surface area contributed by atoms with Crippen LogP contribution in [0.25, 0.3) is 10.9 Å². The maximum Gasteiger partial charge on any atom is 0.262 e. The molecule has 0 atom stereocenters. The molecular formula is C21H23N3O3S. The Morgan fingerprint density at radius 2 is 1.89 bits per heavy atom. The maximum atomic E-state index is 12.9. The van der Waals surface area contributed by atoms with Gasteiger partial charge in [-0.05, 0) is 52.3 Å². The molecule has 146 valence electrons. The van der Waals surface area contributed by atoms with Crippen molar-refractivity contribution in [2.24, 2.45) is 0 Å². The highest BCUT2D eigenvalue weighted by Gasteiger charge is 2.21. The van der Waals surface area contributed by atoms with Gasteiger partial charge in [0.25, 0.3) is 5.56 Å². The van der Waals surface area contributed by atoms with Gasteiger partial charge >= 0.3 is 0 Å². The van der Waals surface area contributed by atoms with E-state index >= 15 is 0 Å². The number of carbonyl (C=O) groups excluding carboxylic acids is 2. The topological polar surface area (TPSA) is 84.8 Å². The van der Waals surface area contributed by atoms with Crippen molar-refractivity contribution in [1.29, 1.82) is 0 Å². The second-order valence-electron chi connectivity index (χ2n) is 7.07. The Balaban J connectivity index is 1.95. The fourth-order valence-electron chi connectivity index (χ4n) is 3.44. The standard InChI is InChI=1S/C21H23N3O3S/c1-11(2)24-20(27)15-8-6-7-9-16(15)23-21(24)28-10-17(26)19-12(3)18(14(5)25)13(4)22-19/h6-9,11,22H,10H2,1-5H3. The number of carbonyl (C=O) groups is 2. The molecule has 0 saturated carbocycles. The molecule has 1 N–H and O–H groups in total. The van der Waals surface area contributed by atoms with Gasteiger partial charge in [-0.3, -0.25) is 19.0 Å². The number of H-pyrrole nitrogens is 1. The van der Waals surface area contributed by atoms with Crippen LogP contribution in [-0.2, 0) is 0 Å². The number of aryl methyl sites for hydroxylation is 1. The fourth-order valence-corrected chi connectivity index (χ4v) is 4.44. The van der Waals surface area contributed by atoms with E-state index in [9.17, 15) is 14.4 Å². The Kier molecular flexibility index (Phi) is 5.56. The third kappa shape index (κ3) is 3.54. The first-order chi connectivity index (χ1) is 13.2. The summed E-state index contributed by atoms with van der Waals surface area (Å²) in [5.74, 6) is -0.0751. The quantitative estimate of drug-likeness (QED) is 0.384. The Labute approximate surface area is 167 Å². The number of benzene rings is 1. The summed E-state index contributed by atoms with van der Waals surface area (Å²) in [6.07, 6.45) is 0. The molecule has 6 nitrogen and oxygen atoms in total. The van der Waals surface area contributed by atoms with Gasteiger partial charge in [0.2, 0.25) is 0 Å². The molecule has 0 spiro atoms. The molecule has 0 bridgehead atoms. The molecule has 28 heavy (non-hydrogen) atoms. The van der Waals surface area contributed by atoms with Crippen LogP contribution in [0.1, 0.15) is 58.9 Å². The lowest BCUT2D eigenvalue weighted by molar-refractivity contribution is 0.101. The number of nitrogens with one attached hydrogen (secondary N) is 1. The molecule has 0 radical (unpaired) electrons. The number of hydrogen-bond donors (Lipinski definition) is 1. The van der Waals surface area contributed by atoms with Crippen molar-refractivity contribution in [2.45, 2.75) is 45.8 Å². The summed E-state index contributed by atoms with van der Waals surface area (Å²) < 4.78 is 1.62. The molecule has 2 aromatic heterocycles. The van der Waals surface area contributed by atoms with Crippen molar-refractivity contribution in [3.63, 3.8) is 0 Å². The van der Waals surface area contributed by atoms with Crippen LogP contribution in [0.3, 0.4) is 0 Å². The minimum atomic E-state index is -0.129. The lowest BCUT2D eigenvalue weighted by atomic mass is 10.1. The van der Waals surface area contributed by atoms with E-state index in [4.69, 9.17) is 0 Å². The maximum absolute atomic E-state index is 12.9. The van der Waals surface area contributed by atoms with Crippen molar-refractivity contribution >= 4 is 34.2 Å². The van der Waals surface area contributed by atoms with E-state index in [0.29, 0.717) is 38.6 Å². The second-order valence-corrected chi connectivity index (χ2v) is 8.02. The van der Waals surface area contributed by atoms with Crippen LogP contribution in [0.15, 0.2) is 34.2 Å².